The average molecular weight is 173 g/mol. The Morgan fingerprint density at radius 1 is 1.82 bits per heavy atom. The third-order valence-electron chi connectivity index (χ3n) is 1.31. The summed E-state index contributed by atoms with van der Waals surface area (Å²) in [5.41, 5.74) is 8.06. The van der Waals surface area contributed by atoms with Crippen LogP contribution in [0.15, 0.2) is 5.11 Å². The highest BCUT2D eigenvalue weighted by Gasteiger charge is 2.11. The third-order valence-corrected chi connectivity index (χ3v) is 1.61. The highest BCUT2D eigenvalue weighted by molar-refractivity contribution is 7.96. The van der Waals surface area contributed by atoms with Gasteiger partial charge in [0, 0.05) is 4.91 Å². The second-order valence-electron chi connectivity index (χ2n) is 2.20. The maximum atomic E-state index is 10.6. The molecule has 11 heavy (non-hydrogen) atoms. The number of carbonyl (C=O) groups is 1. The van der Waals surface area contributed by atoms with Gasteiger partial charge in [-0.2, -0.15) is 0 Å². The first-order valence-electron chi connectivity index (χ1n) is 3.49. The van der Waals surface area contributed by atoms with E-state index in [4.69, 9.17) is 5.53 Å². The molecule has 4 nitrogen and oxygen atoms in total. The molecule has 1 atom stereocenters. The molecule has 1 unspecified atom stereocenters. The van der Waals surface area contributed by atoms with Gasteiger partial charge in [-0.05, 0) is 12.0 Å². The smallest absolute Gasteiger partial charge is 0.194 e. The molecule has 0 aromatic heterocycles. The zero-order valence-corrected chi connectivity index (χ0v) is 7.29. The summed E-state index contributed by atoms with van der Waals surface area (Å²) in [6, 6.07) is -0.580. The topological polar surface area (TPSA) is 65.8 Å². The summed E-state index contributed by atoms with van der Waals surface area (Å²) in [4.78, 5) is 13.2. The van der Waals surface area contributed by atoms with Gasteiger partial charge in [0.2, 0.25) is 0 Å². The number of hydrogen-bond acceptors (Lipinski definition) is 2. The van der Waals surface area contributed by atoms with Crippen molar-refractivity contribution in [3.05, 3.63) is 10.4 Å². The van der Waals surface area contributed by atoms with Crippen LogP contribution >= 0.6 is 12.6 Å². The predicted molar refractivity (Wildman–Crippen MR) is 46.5 cm³/mol. The molecule has 0 saturated carbocycles. The fraction of sp³-hybridized carbons (Fsp3) is 0.833. The number of carbonyl (C=O) groups excluding carboxylic acids is 1. The summed E-state index contributed by atoms with van der Waals surface area (Å²) in [5.74, 6) is 0. The standard InChI is InChI=1S/C6H11N3OS/c1-2-3-4-5(6(10)11)8-9-7/h5H,2-4H2,1H3,(H,10,11). The maximum absolute atomic E-state index is 10.6. The van der Waals surface area contributed by atoms with Crippen molar-refractivity contribution in [2.24, 2.45) is 5.11 Å². The summed E-state index contributed by atoms with van der Waals surface area (Å²) in [5, 5.41) is 2.97. The molecule has 0 N–H and O–H groups in total. The van der Waals surface area contributed by atoms with Gasteiger partial charge in [-0.1, -0.05) is 24.9 Å². The van der Waals surface area contributed by atoms with Gasteiger partial charge in [0.1, 0.15) is 6.04 Å². The van der Waals surface area contributed by atoms with E-state index in [9.17, 15) is 4.79 Å². The second-order valence-corrected chi connectivity index (χ2v) is 2.64. The lowest BCUT2D eigenvalue weighted by atomic mass is 10.1. The fourth-order valence-corrected chi connectivity index (χ4v) is 0.871. The Balaban J connectivity index is 3.89. The zero-order valence-electron chi connectivity index (χ0n) is 6.40. The van der Waals surface area contributed by atoms with E-state index < -0.39 is 6.04 Å². The van der Waals surface area contributed by atoms with Crippen molar-refractivity contribution in [1.82, 2.24) is 0 Å². The molecule has 0 rings (SSSR count). The van der Waals surface area contributed by atoms with Crippen LogP contribution in [0.4, 0.5) is 0 Å². The first kappa shape index (κ1) is 10.3. The van der Waals surface area contributed by atoms with Crippen molar-refractivity contribution in [2.75, 3.05) is 0 Å². The van der Waals surface area contributed by atoms with E-state index in [1.807, 2.05) is 6.92 Å². The van der Waals surface area contributed by atoms with E-state index in [0.29, 0.717) is 6.42 Å². The van der Waals surface area contributed by atoms with Crippen LogP contribution in [0.3, 0.4) is 0 Å². The van der Waals surface area contributed by atoms with Crippen molar-refractivity contribution < 1.29 is 4.79 Å². The Bertz CT molecular complexity index is 175. The van der Waals surface area contributed by atoms with Crippen molar-refractivity contribution in [3.63, 3.8) is 0 Å². The van der Waals surface area contributed by atoms with Crippen LogP contribution in [0.1, 0.15) is 26.2 Å². The fourth-order valence-electron chi connectivity index (χ4n) is 0.690. The summed E-state index contributed by atoms with van der Waals surface area (Å²) < 4.78 is 0. The monoisotopic (exact) mass is 173 g/mol. The van der Waals surface area contributed by atoms with Gasteiger partial charge in [0.15, 0.2) is 5.12 Å². The van der Waals surface area contributed by atoms with Crippen molar-refractivity contribution in [2.45, 2.75) is 32.2 Å². The Hall–Kier alpha value is -0.670. The number of thiol groups is 1. The lowest BCUT2D eigenvalue weighted by Crippen LogP contribution is -2.11. The molecule has 0 amide bonds. The number of hydrogen-bond donors (Lipinski definition) is 1. The Morgan fingerprint density at radius 2 is 2.45 bits per heavy atom. The Kier molecular flexibility index (Phi) is 5.70. The second kappa shape index (κ2) is 6.07. The minimum Gasteiger partial charge on any atom is -0.287 e. The van der Waals surface area contributed by atoms with Crippen LogP contribution in [0.5, 0.6) is 0 Å². The Morgan fingerprint density at radius 3 is 2.82 bits per heavy atom. The van der Waals surface area contributed by atoms with E-state index in [0.717, 1.165) is 12.8 Å². The van der Waals surface area contributed by atoms with Crippen LogP contribution in [-0.2, 0) is 4.79 Å². The summed E-state index contributed by atoms with van der Waals surface area (Å²) in [7, 11) is 0. The van der Waals surface area contributed by atoms with Gasteiger partial charge < -0.3 is 0 Å². The summed E-state index contributed by atoms with van der Waals surface area (Å²) in [6.07, 6.45) is 2.47. The quantitative estimate of drug-likeness (QED) is 0.295. The van der Waals surface area contributed by atoms with Crippen LogP contribution in [-0.4, -0.2) is 11.2 Å². The molecular weight excluding hydrogens is 162 g/mol. The number of nitrogens with zero attached hydrogens (tertiary/aromatic N) is 3. The highest BCUT2D eigenvalue weighted by atomic mass is 32.1. The molecule has 0 aliphatic heterocycles. The summed E-state index contributed by atoms with van der Waals surface area (Å²) in [6.45, 7) is 2.01. The molecule has 0 fully saturated rings. The summed E-state index contributed by atoms with van der Waals surface area (Å²) >= 11 is 3.60. The van der Waals surface area contributed by atoms with E-state index in [-0.39, 0.29) is 5.12 Å². The van der Waals surface area contributed by atoms with Crippen LogP contribution in [0.2, 0.25) is 0 Å². The number of unbranched alkanes of at least 4 members (excludes halogenated alkanes) is 1. The normalized spacial score (nSPS) is 11.8. The minimum atomic E-state index is -0.580. The van der Waals surface area contributed by atoms with Crippen molar-refractivity contribution in [3.8, 4) is 0 Å². The van der Waals surface area contributed by atoms with E-state index >= 15 is 0 Å². The van der Waals surface area contributed by atoms with Gasteiger partial charge in [-0.15, -0.1) is 12.6 Å². The molecule has 0 aliphatic carbocycles. The molecule has 0 heterocycles. The third kappa shape index (κ3) is 4.70. The van der Waals surface area contributed by atoms with Crippen LogP contribution < -0.4 is 0 Å². The van der Waals surface area contributed by atoms with E-state index in [2.05, 4.69) is 22.7 Å². The molecule has 0 spiro atoms. The molecule has 62 valence electrons. The molecule has 0 aromatic carbocycles. The van der Waals surface area contributed by atoms with Crippen LogP contribution in [0, 0.1) is 0 Å². The highest BCUT2D eigenvalue weighted by Crippen LogP contribution is 2.07. The van der Waals surface area contributed by atoms with Gasteiger partial charge in [-0.25, -0.2) is 0 Å². The molecular formula is C6H11N3OS. The zero-order chi connectivity index (χ0) is 8.69. The van der Waals surface area contributed by atoms with Crippen LogP contribution in [0.25, 0.3) is 10.4 Å². The van der Waals surface area contributed by atoms with Gasteiger partial charge in [0.25, 0.3) is 0 Å². The van der Waals surface area contributed by atoms with Crippen molar-refractivity contribution >= 4 is 17.7 Å². The maximum Gasteiger partial charge on any atom is 0.194 e. The van der Waals surface area contributed by atoms with Gasteiger partial charge in [0.05, 0.1) is 0 Å². The lowest BCUT2D eigenvalue weighted by Gasteiger charge is -2.03. The first-order valence-corrected chi connectivity index (χ1v) is 3.94. The largest absolute Gasteiger partial charge is 0.287 e. The lowest BCUT2D eigenvalue weighted by molar-refractivity contribution is -0.112. The Labute approximate surface area is 71.0 Å². The SMILES string of the molecule is CCCCC(N=[N+]=[N-])C(=O)S. The number of rotatable bonds is 5. The average Bonchev–Trinajstić information content (AvgIpc) is 1.97. The predicted octanol–water partition coefficient (Wildman–Crippen LogP) is 2.31. The first-order chi connectivity index (χ1) is 5.22. The molecule has 5 heteroatoms. The molecule has 0 radical (unpaired) electrons. The van der Waals surface area contributed by atoms with Crippen molar-refractivity contribution in [1.29, 1.82) is 0 Å². The van der Waals surface area contributed by atoms with E-state index in [1.165, 1.54) is 0 Å². The molecule has 0 saturated heterocycles. The van der Waals surface area contributed by atoms with Gasteiger partial charge >= 0.3 is 0 Å². The minimum absolute atomic E-state index is 0.351. The molecule has 0 aromatic rings. The van der Waals surface area contributed by atoms with E-state index in [1.54, 1.807) is 0 Å². The molecule has 0 bridgehead atoms. The molecule has 0 aliphatic rings. The van der Waals surface area contributed by atoms with Gasteiger partial charge in [-0.3, -0.25) is 4.79 Å². The number of azide groups is 1.